The lowest BCUT2D eigenvalue weighted by atomic mass is 9.75. The summed E-state index contributed by atoms with van der Waals surface area (Å²) in [6.45, 7) is 2.30. The molecule has 0 spiro atoms. The van der Waals surface area contributed by atoms with Gasteiger partial charge in [0.15, 0.2) is 0 Å². The fourth-order valence-electron chi connectivity index (χ4n) is 2.29. The van der Waals surface area contributed by atoms with Crippen molar-refractivity contribution in [1.29, 1.82) is 0 Å². The molecule has 1 aromatic carbocycles. The number of hydrogen-bond acceptors (Lipinski definition) is 3. The van der Waals surface area contributed by atoms with Crippen LogP contribution in [0.4, 0.5) is 0 Å². The molecule has 2 N–H and O–H groups in total. The average molecular weight is 237 g/mol. The summed E-state index contributed by atoms with van der Waals surface area (Å²) >= 11 is 4.53. The van der Waals surface area contributed by atoms with E-state index in [-0.39, 0.29) is 5.41 Å². The molecule has 0 aliphatic carbocycles. The number of nitrogens with two attached hydrogens (primary N) is 1. The molecule has 3 heteroatoms. The van der Waals surface area contributed by atoms with Crippen LogP contribution in [0.2, 0.25) is 0 Å². The first kappa shape index (κ1) is 12.0. The number of benzene rings is 1. The van der Waals surface area contributed by atoms with Gasteiger partial charge in [-0.15, -0.1) is 0 Å². The monoisotopic (exact) mass is 237 g/mol. The van der Waals surface area contributed by atoms with Crippen LogP contribution in [0.1, 0.15) is 24.0 Å². The van der Waals surface area contributed by atoms with Crippen molar-refractivity contribution < 1.29 is 4.74 Å². The van der Waals surface area contributed by atoms with Crippen molar-refractivity contribution in [3.8, 4) is 0 Å². The molecule has 0 saturated carbocycles. The average Bonchev–Trinajstić information content (AvgIpc) is 2.39. The van der Waals surface area contributed by atoms with Gasteiger partial charge in [0.05, 0.1) is 0 Å². The zero-order valence-electron chi connectivity index (χ0n) is 9.48. The number of thiol groups is 1. The number of hydrogen-bond donors (Lipinski definition) is 2. The molecule has 1 aliphatic rings. The van der Waals surface area contributed by atoms with Crippen LogP contribution < -0.4 is 5.73 Å². The smallest absolute Gasteiger partial charge is 0.0474 e. The Balaban J connectivity index is 2.24. The second-order valence-electron chi connectivity index (χ2n) is 4.45. The first-order chi connectivity index (χ1) is 7.80. The number of rotatable bonds is 3. The minimum absolute atomic E-state index is 0.203. The van der Waals surface area contributed by atoms with Crippen molar-refractivity contribution in [3.05, 3.63) is 35.4 Å². The summed E-state index contributed by atoms with van der Waals surface area (Å²) in [4.78, 5) is 0. The zero-order valence-corrected chi connectivity index (χ0v) is 10.4. The van der Waals surface area contributed by atoms with E-state index in [1.165, 1.54) is 11.1 Å². The number of ether oxygens (including phenoxy) is 1. The predicted octanol–water partition coefficient (Wildman–Crippen LogP) is 2.12. The summed E-state index contributed by atoms with van der Waals surface area (Å²) in [5, 5.41) is 0. The van der Waals surface area contributed by atoms with E-state index in [9.17, 15) is 0 Å². The topological polar surface area (TPSA) is 35.2 Å². The summed E-state index contributed by atoms with van der Waals surface area (Å²) in [7, 11) is 0. The molecule has 0 radical (unpaired) electrons. The van der Waals surface area contributed by atoms with Crippen LogP contribution in [-0.2, 0) is 16.7 Å². The molecule has 0 aromatic heterocycles. The van der Waals surface area contributed by atoms with Crippen molar-refractivity contribution in [2.24, 2.45) is 5.73 Å². The fraction of sp³-hybridized carbons (Fsp3) is 0.538. The lowest BCUT2D eigenvalue weighted by molar-refractivity contribution is 0.0581. The third kappa shape index (κ3) is 2.26. The third-order valence-corrected chi connectivity index (χ3v) is 4.16. The van der Waals surface area contributed by atoms with E-state index in [0.29, 0.717) is 6.54 Å². The molecule has 1 saturated heterocycles. The summed E-state index contributed by atoms with van der Waals surface area (Å²) in [6.07, 6.45) is 2.14. The fourth-order valence-corrected chi connectivity index (χ4v) is 2.79. The largest absolute Gasteiger partial charge is 0.381 e. The van der Waals surface area contributed by atoms with Crippen molar-refractivity contribution in [2.45, 2.75) is 24.8 Å². The minimum atomic E-state index is 0.203. The molecular formula is C13H19NOS. The van der Waals surface area contributed by atoms with E-state index in [2.05, 4.69) is 36.9 Å². The van der Waals surface area contributed by atoms with Gasteiger partial charge in [-0.3, -0.25) is 0 Å². The van der Waals surface area contributed by atoms with Gasteiger partial charge in [-0.2, -0.15) is 12.6 Å². The Morgan fingerprint density at radius 3 is 2.31 bits per heavy atom. The maximum atomic E-state index is 5.61. The van der Waals surface area contributed by atoms with Gasteiger partial charge in [-0.05, 0) is 24.0 Å². The second kappa shape index (κ2) is 5.21. The van der Waals surface area contributed by atoms with E-state index in [4.69, 9.17) is 10.5 Å². The standard InChI is InChI=1S/C13H19NOS/c14-9-11-1-3-12(4-2-11)13(10-16)5-7-15-8-6-13/h1-4,16H,5-10,14H2. The first-order valence-electron chi connectivity index (χ1n) is 5.79. The van der Waals surface area contributed by atoms with Gasteiger partial charge in [0, 0.05) is 30.9 Å². The van der Waals surface area contributed by atoms with E-state index >= 15 is 0 Å². The summed E-state index contributed by atoms with van der Waals surface area (Å²) in [5.41, 5.74) is 8.37. The minimum Gasteiger partial charge on any atom is -0.381 e. The summed E-state index contributed by atoms with van der Waals surface area (Å²) in [5.74, 6) is 0.887. The molecular weight excluding hydrogens is 218 g/mol. The SMILES string of the molecule is NCc1ccc(C2(CS)CCOCC2)cc1. The van der Waals surface area contributed by atoms with Crippen LogP contribution in [0.5, 0.6) is 0 Å². The highest BCUT2D eigenvalue weighted by Crippen LogP contribution is 2.35. The van der Waals surface area contributed by atoms with Gasteiger partial charge in [0.25, 0.3) is 0 Å². The zero-order chi connectivity index (χ0) is 11.4. The predicted molar refractivity (Wildman–Crippen MR) is 69.9 cm³/mol. The molecule has 2 rings (SSSR count). The Labute approximate surface area is 103 Å². The molecule has 0 unspecified atom stereocenters. The van der Waals surface area contributed by atoms with Gasteiger partial charge in [-0.1, -0.05) is 24.3 Å². The van der Waals surface area contributed by atoms with Crippen molar-refractivity contribution >= 4 is 12.6 Å². The van der Waals surface area contributed by atoms with Gasteiger partial charge in [0.2, 0.25) is 0 Å². The van der Waals surface area contributed by atoms with Crippen LogP contribution in [0, 0.1) is 0 Å². The van der Waals surface area contributed by atoms with Gasteiger partial charge >= 0.3 is 0 Å². The van der Waals surface area contributed by atoms with Crippen LogP contribution in [-0.4, -0.2) is 19.0 Å². The Morgan fingerprint density at radius 1 is 1.19 bits per heavy atom. The van der Waals surface area contributed by atoms with E-state index in [1.807, 2.05) is 0 Å². The highest BCUT2D eigenvalue weighted by molar-refractivity contribution is 7.80. The van der Waals surface area contributed by atoms with Crippen LogP contribution in [0.15, 0.2) is 24.3 Å². The highest BCUT2D eigenvalue weighted by atomic mass is 32.1. The molecule has 0 bridgehead atoms. The van der Waals surface area contributed by atoms with Crippen LogP contribution >= 0.6 is 12.6 Å². The lowest BCUT2D eigenvalue weighted by Gasteiger charge is -2.36. The molecule has 1 heterocycles. The van der Waals surface area contributed by atoms with Crippen LogP contribution in [0.25, 0.3) is 0 Å². The molecule has 1 aliphatic heterocycles. The van der Waals surface area contributed by atoms with E-state index in [1.54, 1.807) is 0 Å². The molecule has 0 amide bonds. The quantitative estimate of drug-likeness (QED) is 0.790. The molecule has 1 fully saturated rings. The van der Waals surface area contributed by atoms with Crippen LogP contribution in [0.3, 0.4) is 0 Å². The van der Waals surface area contributed by atoms with E-state index in [0.717, 1.165) is 31.8 Å². The van der Waals surface area contributed by atoms with Crippen molar-refractivity contribution in [1.82, 2.24) is 0 Å². The Hall–Kier alpha value is -0.510. The Kier molecular flexibility index (Phi) is 3.90. The molecule has 2 nitrogen and oxygen atoms in total. The van der Waals surface area contributed by atoms with Gasteiger partial charge in [-0.25, -0.2) is 0 Å². The Bertz CT molecular complexity index is 330. The summed E-state index contributed by atoms with van der Waals surface area (Å²) < 4.78 is 5.44. The molecule has 1 aromatic rings. The van der Waals surface area contributed by atoms with Crippen molar-refractivity contribution in [3.63, 3.8) is 0 Å². The maximum Gasteiger partial charge on any atom is 0.0474 e. The molecule has 0 atom stereocenters. The van der Waals surface area contributed by atoms with Crippen molar-refractivity contribution in [2.75, 3.05) is 19.0 Å². The highest BCUT2D eigenvalue weighted by Gasteiger charge is 2.32. The second-order valence-corrected chi connectivity index (χ2v) is 4.77. The normalized spacial score (nSPS) is 19.6. The first-order valence-corrected chi connectivity index (χ1v) is 6.42. The lowest BCUT2D eigenvalue weighted by Crippen LogP contribution is -2.35. The Morgan fingerprint density at radius 2 is 1.81 bits per heavy atom. The molecule has 16 heavy (non-hydrogen) atoms. The van der Waals surface area contributed by atoms with Gasteiger partial charge < -0.3 is 10.5 Å². The van der Waals surface area contributed by atoms with E-state index < -0.39 is 0 Å². The summed E-state index contributed by atoms with van der Waals surface area (Å²) in [6, 6.07) is 8.64. The molecule has 88 valence electrons. The van der Waals surface area contributed by atoms with Gasteiger partial charge in [0.1, 0.15) is 0 Å². The third-order valence-electron chi connectivity index (χ3n) is 3.55. The maximum absolute atomic E-state index is 5.61.